The van der Waals surface area contributed by atoms with Gasteiger partial charge in [0.1, 0.15) is 10.8 Å². The summed E-state index contributed by atoms with van der Waals surface area (Å²) in [4.78, 5) is 26.1. The molecule has 2 aromatic rings. The molecule has 0 aliphatic heterocycles. The summed E-state index contributed by atoms with van der Waals surface area (Å²) in [5, 5.41) is 13.5. The van der Waals surface area contributed by atoms with Crippen LogP contribution in [0.4, 0.5) is 11.4 Å². The lowest BCUT2D eigenvalue weighted by atomic mass is 10.2. The number of pyridine rings is 1. The standard InChI is InChI=1S/C12H6BrCl2N3O3/c13-7-5-6(1-3-9(7)18(20)21)16-12(19)11-8(14)2-4-10(15)17-11/h1-5H,(H,16,19). The molecule has 0 radical (unpaired) electrons. The quantitative estimate of drug-likeness (QED) is 0.480. The maximum Gasteiger partial charge on any atom is 0.283 e. The number of hydrogen-bond acceptors (Lipinski definition) is 4. The smallest absolute Gasteiger partial charge is 0.283 e. The van der Waals surface area contributed by atoms with Gasteiger partial charge in [-0.15, -0.1) is 0 Å². The molecule has 0 fully saturated rings. The summed E-state index contributed by atoms with van der Waals surface area (Å²) >= 11 is 14.7. The first-order valence-corrected chi connectivity index (χ1v) is 7.00. The van der Waals surface area contributed by atoms with E-state index >= 15 is 0 Å². The first kappa shape index (κ1) is 15.7. The molecule has 1 N–H and O–H groups in total. The Labute approximate surface area is 137 Å². The van der Waals surface area contributed by atoms with Crippen LogP contribution in [0, 0.1) is 10.1 Å². The number of aromatic nitrogens is 1. The Bertz CT molecular complexity index is 740. The molecule has 6 nitrogen and oxygen atoms in total. The van der Waals surface area contributed by atoms with Gasteiger partial charge in [-0.1, -0.05) is 23.2 Å². The molecule has 0 aliphatic carbocycles. The fourth-order valence-corrected chi connectivity index (χ4v) is 2.36. The van der Waals surface area contributed by atoms with Crippen molar-refractivity contribution < 1.29 is 9.72 Å². The highest BCUT2D eigenvalue weighted by Crippen LogP contribution is 2.28. The molecule has 21 heavy (non-hydrogen) atoms. The van der Waals surface area contributed by atoms with Crippen molar-refractivity contribution in [2.45, 2.75) is 0 Å². The van der Waals surface area contributed by atoms with Crippen LogP contribution in [-0.2, 0) is 0 Å². The molecule has 1 heterocycles. The van der Waals surface area contributed by atoms with Gasteiger partial charge >= 0.3 is 0 Å². The summed E-state index contributed by atoms with van der Waals surface area (Å²) in [5.41, 5.74) is 0.223. The van der Waals surface area contributed by atoms with Gasteiger partial charge < -0.3 is 5.32 Å². The van der Waals surface area contributed by atoms with Crippen molar-refractivity contribution in [3.8, 4) is 0 Å². The van der Waals surface area contributed by atoms with Crippen molar-refractivity contribution in [2.75, 3.05) is 5.32 Å². The van der Waals surface area contributed by atoms with E-state index in [1.54, 1.807) is 0 Å². The molecule has 1 aromatic carbocycles. The lowest BCUT2D eigenvalue weighted by molar-refractivity contribution is -0.385. The first-order chi connectivity index (χ1) is 9.88. The monoisotopic (exact) mass is 389 g/mol. The summed E-state index contributed by atoms with van der Waals surface area (Å²) in [6.45, 7) is 0. The van der Waals surface area contributed by atoms with E-state index in [2.05, 4.69) is 26.2 Å². The molecule has 0 unspecified atom stereocenters. The van der Waals surface area contributed by atoms with Gasteiger partial charge in [0.2, 0.25) is 0 Å². The Hall–Kier alpha value is -1.70. The molecule has 9 heteroatoms. The van der Waals surface area contributed by atoms with E-state index in [1.807, 2.05) is 0 Å². The van der Waals surface area contributed by atoms with Gasteiger partial charge in [-0.2, -0.15) is 0 Å². The summed E-state index contributed by atoms with van der Waals surface area (Å²) in [6.07, 6.45) is 0. The van der Waals surface area contributed by atoms with Gasteiger partial charge in [-0.3, -0.25) is 14.9 Å². The lowest BCUT2D eigenvalue weighted by Gasteiger charge is -2.07. The summed E-state index contributed by atoms with van der Waals surface area (Å²) in [7, 11) is 0. The normalized spacial score (nSPS) is 10.2. The van der Waals surface area contributed by atoms with E-state index in [9.17, 15) is 14.9 Å². The zero-order valence-corrected chi connectivity index (χ0v) is 13.2. The van der Waals surface area contributed by atoms with Gasteiger partial charge in [0, 0.05) is 11.8 Å². The van der Waals surface area contributed by atoms with Crippen molar-refractivity contribution in [1.29, 1.82) is 0 Å². The van der Waals surface area contributed by atoms with Crippen LogP contribution in [0.2, 0.25) is 10.2 Å². The Morgan fingerprint density at radius 1 is 1.29 bits per heavy atom. The van der Waals surface area contributed by atoms with Crippen LogP contribution >= 0.6 is 39.1 Å². The average Bonchev–Trinajstić information content (AvgIpc) is 2.41. The van der Waals surface area contributed by atoms with E-state index in [0.717, 1.165) is 0 Å². The largest absolute Gasteiger partial charge is 0.321 e. The molecule has 0 aliphatic rings. The second-order valence-corrected chi connectivity index (χ2v) is 5.49. The van der Waals surface area contributed by atoms with Crippen molar-refractivity contribution in [3.05, 3.63) is 60.8 Å². The number of nitrogens with one attached hydrogen (secondary N) is 1. The Kier molecular flexibility index (Phi) is 4.76. The maximum absolute atomic E-state index is 12.1. The Balaban J connectivity index is 2.26. The zero-order valence-electron chi connectivity index (χ0n) is 10.1. The molecular weight excluding hydrogens is 385 g/mol. The number of nitrogens with zero attached hydrogens (tertiary/aromatic N) is 2. The second-order valence-electron chi connectivity index (χ2n) is 3.84. The van der Waals surface area contributed by atoms with E-state index in [1.165, 1.54) is 30.3 Å². The Morgan fingerprint density at radius 2 is 2.00 bits per heavy atom. The van der Waals surface area contributed by atoms with Gasteiger partial charge in [-0.05, 0) is 40.2 Å². The number of hydrogen-bond donors (Lipinski definition) is 1. The molecule has 108 valence electrons. The fourth-order valence-electron chi connectivity index (χ4n) is 1.50. The van der Waals surface area contributed by atoms with Gasteiger partial charge in [0.05, 0.1) is 14.4 Å². The minimum Gasteiger partial charge on any atom is -0.321 e. The van der Waals surface area contributed by atoms with Crippen molar-refractivity contribution >= 4 is 56.4 Å². The third-order valence-electron chi connectivity index (χ3n) is 2.43. The topological polar surface area (TPSA) is 85.1 Å². The number of halogens is 3. The summed E-state index contributed by atoms with van der Waals surface area (Å²) in [5.74, 6) is -0.566. The van der Waals surface area contributed by atoms with E-state index in [-0.39, 0.29) is 26.0 Å². The number of nitro groups is 1. The van der Waals surface area contributed by atoms with Crippen LogP contribution in [0.15, 0.2) is 34.8 Å². The van der Waals surface area contributed by atoms with Crippen LogP contribution in [0.3, 0.4) is 0 Å². The van der Waals surface area contributed by atoms with E-state index in [0.29, 0.717) is 5.69 Å². The number of carbonyl (C=O) groups excluding carboxylic acids is 1. The number of benzene rings is 1. The van der Waals surface area contributed by atoms with Crippen molar-refractivity contribution in [1.82, 2.24) is 4.98 Å². The predicted molar refractivity (Wildman–Crippen MR) is 83.0 cm³/mol. The number of anilines is 1. The SMILES string of the molecule is O=C(Nc1ccc([N+](=O)[O-])c(Br)c1)c1nc(Cl)ccc1Cl. The molecule has 0 saturated carbocycles. The number of rotatable bonds is 3. The summed E-state index contributed by atoms with van der Waals surface area (Å²) in [6, 6.07) is 7.00. The molecule has 0 bridgehead atoms. The van der Waals surface area contributed by atoms with E-state index < -0.39 is 10.8 Å². The minimum atomic E-state index is -0.566. The third kappa shape index (κ3) is 3.69. The molecule has 0 saturated heterocycles. The maximum atomic E-state index is 12.1. The molecule has 1 aromatic heterocycles. The van der Waals surface area contributed by atoms with Crippen molar-refractivity contribution in [3.63, 3.8) is 0 Å². The zero-order chi connectivity index (χ0) is 15.6. The van der Waals surface area contributed by atoms with Gasteiger partial charge in [-0.25, -0.2) is 4.98 Å². The van der Waals surface area contributed by atoms with Crippen LogP contribution in [0.25, 0.3) is 0 Å². The van der Waals surface area contributed by atoms with Crippen LogP contribution < -0.4 is 5.32 Å². The van der Waals surface area contributed by atoms with Crippen LogP contribution in [0.5, 0.6) is 0 Å². The van der Waals surface area contributed by atoms with Crippen LogP contribution in [-0.4, -0.2) is 15.8 Å². The number of carbonyl (C=O) groups is 1. The third-order valence-corrected chi connectivity index (χ3v) is 3.58. The second kappa shape index (κ2) is 6.38. The molecule has 2 rings (SSSR count). The van der Waals surface area contributed by atoms with Gasteiger partial charge in [0.25, 0.3) is 11.6 Å². The minimum absolute atomic E-state index is 0.0290. The highest BCUT2D eigenvalue weighted by Gasteiger charge is 2.16. The molecular formula is C12H6BrCl2N3O3. The molecule has 1 amide bonds. The predicted octanol–water partition coefficient (Wildman–Crippen LogP) is 4.31. The Morgan fingerprint density at radius 3 is 2.62 bits per heavy atom. The van der Waals surface area contributed by atoms with Crippen LogP contribution in [0.1, 0.15) is 10.5 Å². The van der Waals surface area contributed by atoms with E-state index in [4.69, 9.17) is 23.2 Å². The lowest BCUT2D eigenvalue weighted by Crippen LogP contribution is -2.14. The number of amides is 1. The molecule has 0 atom stereocenters. The first-order valence-electron chi connectivity index (χ1n) is 5.46. The fraction of sp³-hybridized carbons (Fsp3) is 0. The summed E-state index contributed by atoms with van der Waals surface area (Å²) < 4.78 is 0.246. The highest BCUT2D eigenvalue weighted by atomic mass is 79.9. The highest BCUT2D eigenvalue weighted by molar-refractivity contribution is 9.10. The molecule has 0 spiro atoms. The average molecular weight is 391 g/mol. The van der Waals surface area contributed by atoms with Crippen molar-refractivity contribution in [2.24, 2.45) is 0 Å². The van der Waals surface area contributed by atoms with Gasteiger partial charge in [0.15, 0.2) is 0 Å². The number of nitro benzene ring substituents is 1.